The topological polar surface area (TPSA) is 242 Å². The fourth-order valence-electron chi connectivity index (χ4n) is 2.70. The SMILES string of the molecule is CC(O)COP(=O)(O)OP(=O)(O)OC[C@H]1O[C@@H](n2cnc3c(N)ncnc32)C(O)[C@H]1O. The Labute approximate surface area is 174 Å². The number of anilines is 1. The molecule has 3 heterocycles. The summed E-state index contributed by atoms with van der Waals surface area (Å²) >= 11 is 0. The van der Waals surface area contributed by atoms with Crippen LogP contribution in [0.3, 0.4) is 0 Å². The Morgan fingerprint density at radius 2 is 1.87 bits per heavy atom. The van der Waals surface area contributed by atoms with Gasteiger partial charge in [0.2, 0.25) is 0 Å². The number of nitrogens with zero attached hydrogens (tertiary/aromatic N) is 4. The number of fused-ring (bicyclic) bond motifs is 1. The van der Waals surface area contributed by atoms with Gasteiger partial charge in [0.15, 0.2) is 17.7 Å². The molecule has 0 radical (unpaired) electrons. The summed E-state index contributed by atoms with van der Waals surface area (Å²) in [5, 5.41) is 29.6. The maximum Gasteiger partial charge on any atom is 0.481 e. The van der Waals surface area contributed by atoms with E-state index in [-0.39, 0.29) is 17.0 Å². The zero-order valence-electron chi connectivity index (χ0n) is 15.9. The minimum absolute atomic E-state index is 0.0845. The average Bonchev–Trinajstić information content (AvgIpc) is 3.21. The molecular weight excluding hydrogens is 464 g/mol. The minimum Gasteiger partial charge on any atom is -0.391 e. The van der Waals surface area contributed by atoms with E-state index < -0.39 is 59.5 Å². The summed E-state index contributed by atoms with van der Waals surface area (Å²) in [7, 11) is -10.2. The van der Waals surface area contributed by atoms with Crippen molar-refractivity contribution in [1.82, 2.24) is 19.5 Å². The molecule has 18 heteroatoms. The molecule has 7 N–H and O–H groups in total. The number of nitrogens with two attached hydrogens (primary N) is 1. The van der Waals surface area contributed by atoms with Gasteiger partial charge in [-0.15, -0.1) is 0 Å². The molecule has 1 saturated heterocycles. The van der Waals surface area contributed by atoms with Crippen LogP contribution in [0.4, 0.5) is 5.82 Å². The lowest BCUT2D eigenvalue weighted by atomic mass is 10.1. The molecule has 174 valence electrons. The highest BCUT2D eigenvalue weighted by molar-refractivity contribution is 7.61. The van der Waals surface area contributed by atoms with E-state index in [1.165, 1.54) is 24.1 Å². The molecular formula is C13H21N5O11P2. The Hall–Kier alpha value is -1.55. The number of imidazole rings is 1. The Kier molecular flexibility index (Phi) is 7.10. The maximum absolute atomic E-state index is 11.9. The molecule has 1 aliphatic heterocycles. The van der Waals surface area contributed by atoms with Gasteiger partial charge in [0.1, 0.15) is 30.2 Å². The first-order valence-electron chi connectivity index (χ1n) is 8.69. The van der Waals surface area contributed by atoms with Crippen LogP contribution < -0.4 is 5.73 Å². The van der Waals surface area contributed by atoms with Gasteiger partial charge in [0.05, 0.1) is 25.6 Å². The molecule has 2 aromatic rings. The van der Waals surface area contributed by atoms with Crippen molar-refractivity contribution in [1.29, 1.82) is 0 Å². The molecule has 1 fully saturated rings. The third-order valence-electron chi connectivity index (χ3n) is 4.09. The van der Waals surface area contributed by atoms with E-state index in [0.29, 0.717) is 0 Å². The molecule has 3 rings (SSSR count). The first kappa shape index (κ1) is 24.1. The number of phosphoric acid groups is 2. The van der Waals surface area contributed by atoms with E-state index in [0.717, 1.165) is 0 Å². The third-order valence-corrected chi connectivity index (χ3v) is 6.69. The monoisotopic (exact) mass is 485 g/mol. The largest absolute Gasteiger partial charge is 0.481 e. The quantitative estimate of drug-likeness (QED) is 0.225. The zero-order chi connectivity index (χ0) is 23.0. The lowest BCUT2D eigenvalue weighted by Gasteiger charge is -2.19. The Morgan fingerprint density at radius 1 is 1.19 bits per heavy atom. The molecule has 16 nitrogen and oxygen atoms in total. The maximum atomic E-state index is 11.9. The molecule has 0 spiro atoms. The van der Waals surface area contributed by atoms with Gasteiger partial charge in [-0.25, -0.2) is 24.1 Å². The van der Waals surface area contributed by atoms with Gasteiger partial charge >= 0.3 is 15.6 Å². The molecule has 31 heavy (non-hydrogen) atoms. The van der Waals surface area contributed by atoms with Crippen LogP contribution in [0.2, 0.25) is 0 Å². The second-order valence-corrected chi connectivity index (χ2v) is 9.63. The number of aliphatic hydroxyl groups excluding tert-OH is 3. The lowest BCUT2D eigenvalue weighted by molar-refractivity contribution is -0.0504. The molecule has 2 aromatic heterocycles. The average molecular weight is 485 g/mol. The number of rotatable bonds is 9. The standard InChI is InChI=1S/C13H21N5O11P2/c1-6(19)2-26-30(22,23)29-31(24,25)27-3-7-9(20)10(21)13(28-7)18-5-17-8-11(14)15-4-16-12(8)18/h4-7,9-10,13,19-21H,2-3H2,1H3,(H,22,23)(H,24,25)(H2,14,15,16)/t6?,7-,9+,10?,13-/m1/s1. The summed E-state index contributed by atoms with van der Waals surface area (Å²) in [5.41, 5.74) is 6.14. The van der Waals surface area contributed by atoms with Crippen LogP contribution >= 0.6 is 15.6 Å². The molecule has 1 aliphatic rings. The summed E-state index contributed by atoms with van der Waals surface area (Å²) in [6.45, 7) is -0.193. The van der Waals surface area contributed by atoms with Gasteiger partial charge in [0.25, 0.3) is 0 Å². The van der Waals surface area contributed by atoms with Crippen LogP contribution in [-0.4, -0.2) is 82.3 Å². The van der Waals surface area contributed by atoms with Gasteiger partial charge in [-0.05, 0) is 6.92 Å². The zero-order valence-corrected chi connectivity index (χ0v) is 17.7. The van der Waals surface area contributed by atoms with Gasteiger partial charge in [-0.2, -0.15) is 4.31 Å². The van der Waals surface area contributed by atoms with E-state index in [4.69, 9.17) is 15.6 Å². The van der Waals surface area contributed by atoms with Gasteiger partial charge in [-0.1, -0.05) is 0 Å². The molecule has 0 aromatic carbocycles. The molecule has 0 bridgehead atoms. The van der Waals surface area contributed by atoms with Gasteiger partial charge in [0, 0.05) is 0 Å². The highest BCUT2D eigenvalue weighted by Gasteiger charge is 2.46. The number of phosphoric ester groups is 2. The number of nitrogen functional groups attached to an aromatic ring is 1. The van der Waals surface area contributed by atoms with Crippen molar-refractivity contribution >= 4 is 32.6 Å². The van der Waals surface area contributed by atoms with Crippen LogP contribution in [0.15, 0.2) is 12.7 Å². The van der Waals surface area contributed by atoms with Crippen molar-refractivity contribution in [3.05, 3.63) is 12.7 Å². The highest BCUT2D eigenvalue weighted by Crippen LogP contribution is 2.60. The van der Waals surface area contributed by atoms with Crippen molar-refractivity contribution < 1.29 is 52.3 Å². The van der Waals surface area contributed by atoms with Crippen molar-refractivity contribution in [2.24, 2.45) is 0 Å². The van der Waals surface area contributed by atoms with Gasteiger partial charge in [-0.3, -0.25) is 13.6 Å². The number of aromatic nitrogens is 4. The van der Waals surface area contributed by atoms with Gasteiger partial charge < -0.3 is 35.6 Å². The fourth-order valence-corrected chi connectivity index (χ4v) is 4.86. The van der Waals surface area contributed by atoms with Crippen LogP contribution in [0, 0.1) is 0 Å². The Morgan fingerprint density at radius 3 is 2.55 bits per heavy atom. The molecule has 4 unspecified atom stereocenters. The number of aliphatic hydroxyl groups is 3. The van der Waals surface area contributed by atoms with E-state index >= 15 is 0 Å². The second kappa shape index (κ2) is 9.13. The number of hydrogen-bond donors (Lipinski definition) is 6. The molecule has 7 atom stereocenters. The predicted molar refractivity (Wildman–Crippen MR) is 100.0 cm³/mol. The van der Waals surface area contributed by atoms with Crippen molar-refractivity contribution in [3.8, 4) is 0 Å². The fraction of sp³-hybridized carbons (Fsp3) is 0.615. The van der Waals surface area contributed by atoms with E-state index in [2.05, 4.69) is 28.3 Å². The van der Waals surface area contributed by atoms with Crippen molar-refractivity contribution in [3.63, 3.8) is 0 Å². The predicted octanol–water partition coefficient (Wildman–Crippen LogP) is -1.34. The summed E-state index contributed by atoms with van der Waals surface area (Å²) in [4.78, 5) is 30.8. The normalized spacial score (nSPS) is 29.0. The summed E-state index contributed by atoms with van der Waals surface area (Å²) in [5.74, 6) is 0.0845. The van der Waals surface area contributed by atoms with E-state index in [1.807, 2.05) is 0 Å². The number of ether oxygens (including phenoxy) is 1. The Bertz CT molecular complexity index is 1020. The van der Waals surface area contributed by atoms with Crippen LogP contribution in [-0.2, 0) is 27.2 Å². The number of hydrogen-bond acceptors (Lipinski definition) is 13. The van der Waals surface area contributed by atoms with Crippen LogP contribution in [0.1, 0.15) is 13.2 Å². The lowest BCUT2D eigenvalue weighted by Crippen LogP contribution is -2.33. The first-order valence-corrected chi connectivity index (χ1v) is 11.7. The van der Waals surface area contributed by atoms with E-state index in [1.54, 1.807) is 0 Å². The molecule has 0 amide bonds. The molecule has 0 aliphatic carbocycles. The third kappa shape index (κ3) is 5.63. The highest BCUT2D eigenvalue weighted by atomic mass is 31.3. The van der Waals surface area contributed by atoms with Crippen molar-refractivity contribution in [2.75, 3.05) is 18.9 Å². The summed E-state index contributed by atoms with van der Waals surface area (Å²) < 4.78 is 43.4. The van der Waals surface area contributed by atoms with Crippen molar-refractivity contribution in [2.45, 2.75) is 37.6 Å². The van der Waals surface area contributed by atoms with Crippen LogP contribution in [0.5, 0.6) is 0 Å². The Balaban J connectivity index is 1.66. The minimum atomic E-state index is -5.15. The summed E-state index contributed by atoms with van der Waals surface area (Å²) in [6.07, 6.45) is -4.35. The second-order valence-electron chi connectivity index (χ2n) is 6.59. The smallest absolute Gasteiger partial charge is 0.391 e. The van der Waals surface area contributed by atoms with E-state index in [9.17, 15) is 29.1 Å². The summed E-state index contributed by atoms with van der Waals surface area (Å²) in [6, 6.07) is 0. The first-order chi connectivity index (χ1) is 14.4. The molecule has 0 saturated carbocycles. The van der Waals surface area contributed by atoms with Crippen LogP contribution in [0.25, 0.3) is 11.2 Å².